The second-order valence-corrected chi connectivity index (χ2v) is 22.8. The van der Waals surface area contributed by atoms with Gasteiger partial charge >= 0.3 is 0 Å². The lowest BCUT2D eigenvalue weighted by molar-refractivity contribution is 0.590. The number of anilines is 6. The molecule has 0 saturated carbocycles. The summed E-state index contributed by atoms with van der Waals surface area (Å²) in [7, 11) is 0. The first-order chi connectivity index (χ1) is 35.0. The van der Waals surface area contributed by atoms with Gasteiger partial charge in [-0.05, 0) is 221 Å². The molecular weight excluding hydrogens is 909 g/mol. The fourth-order valence-electron chi connectivity index (χ4n) is 7.98. The van der Waals surface area contributed by atoms with Gasteiger partial charge in [-0.3, -0.25) is 0 Å². The van der Waals surface area contributed by atoms with E-state index in [1.165, 1.54) is 11.1 Å². The van der Waals surface area contributed by atoms with Crippen LogP contribution < -0.4 is 21.3 Å². The Morgan fingerprint density at radius 3 is 0.865 bits per heavy atom. The molecule has 10 heteroatoms. The quantitative estimate of drug-likeness (QED) is 0.0720. The first kappa shape index (κ1) is 52.1. The van der Waals surface area contributed by atoms with Crippen molar-refractivity contribution in [1.82, 2.24) is 0 Å². The van der Waals surface area contributed by atoms with Gasteiger partial charge in [-0.25, -0.2) is 20.0 Å². The number of aliphatic imine (C=N–C) groups is 4. The van der Waals surface area contributed by atoms with Crippen LogP contribution in [0.15, 0.2) is 212 Å². The Morgan fingerprint density at radius 1 is 0.284 bits per heavy atom. The Morgan fingerprint density at radius 2 is 0.568 bits per heavy atom. The number of benzene rings is 6. The normalized spacial score (nSPS) is 13.8. The van der Waals surface area contributed by atoms with E-state index in [1.54, 1.807) is 0 Å². The highest BCUT2D eigenvalue weighted by Gasteiger charge is 2.16. The Balaban J connectivity index is 1.12. The molecule has 0 heterocycles. The fourth-order valence-corrected chi connectivity index (χ4v) is 7.98. The molecule has 0 spiro atoms. The van der Waals surface area contributed by atoms with Crippen molar-refractivity contribution < 1.29 is 0 Å². The minimum atomic E-state index is -0.0554. The monoisotopic (exact) mass is 979 g/mol. The third-order valence-corrected chi connectivity index (χ3v) is 11.8. The number of azo groups is 1. The Hall–Kier alpha value is -8.24. The molecule has 10 nitrogen and oxygen atoms in total. The standard InChI is InChI=1S/C64H70N10/c1-61(2,3)43-13-17-45(18-14-43)65-47-21-25-51(26-22-47)69-57-39-37-55(67-49-29-33-53(34-30-49)71-63(7,8)9)41-59(57)73-74-60-42-56(68-50-31-35-54(36-32-50)72-64(10,11)12)38-40-58(60)70-52-27-23-48(24-28-52)66-46-19-15-44(16-20-46)62(4,5)6/h13-42,67-68,71-72H,1-12H3. The summed E-state index contributed by atoms with van der Waals surface area (Å²) in [5, 5.41) is 24.1. The number of rotatable bonds is 12. The van der Waals surface area contributed by atoms with Crippen molar-refractivity contribution in [3.63, 3.8) is 0 Å². The zero-order valence-electron chi connectivity index (χ0n) is 45.0. The van der Waals surface area contributed by atoms with Crippen molar-refractivity contribution in [2.45, 2.75) is 105 Å². The molecule has 0 saturated heterocycles. The van der Waals surface area contributed by atoms with Crippen molar-refractivity contribution >= 4 is 91.1 Å². The van der Waals surface area contributed by atoms with Crippen molar-refractivity contribution in [3.8, 4) is 0 Å². The highest BCUT2D eigenvalue weighted by Crippen LogP contribution is 2.39. The summed E-state index contributed by atoms with van der Waals surface area (Å²) in [6.07, 6.45) is 15.8. The number of allylic oxidation sites excluding steroid dienone is 8. The topological polar surface area (TPSA) is 122 Å². The molecule has 0 radical (unpaired) electrons. The smallest absolute Gasteiger partial charge is 0.113 e. The summed E-state index contributed by atoms with van der Waals surface area (Å²) >= 11 is 0. The SMILES string of the molecule is CC(C)(C)Nc1ccc(Nc2ccc(N=C3C=CC(=Nc4ccc(C(C)(C)C)cc4)C=C3)c(N=Nc3cc(Nc4ccc(NC(C)(C)C)cc4)ccc3N=C3C=CC(=Nc4ccc(C(C)(C)C)cc4)C=C3)c2)cc1. The van der Waals surface area contributed by atoms with E-state index in [9.17, 15) is 0 Å². The van der Waals surface area contributed by atoms with E-state index >= 15 is 0 Å². The molecule has 6 aromatic carbocycles. The number of hydrogen-bond acceptors (Lipinski definition) is 10. The molecule has 0 bridgehead atoms. The van der Waals surface area contributed by atoms with Crippen LogP contribution in [0.25, 0.3) is 0 Å². The molecule has 6 aromatic rings. The molecule has 2 aliphatic rings. The molecule has 8 rings (SSSR count). The van der Waals surface area contributed by atoms with Gasteiger partial charge in [0, 0.05) is 45.2 Å². The van der Waals surface area contributed by atoms with E-state index in [2.05, 4.69) is 201 Å². The van der Waals surface area contributed by atoms with Gasteiger partial charge in [-0.1, -0.05) is 65.8 Å². The summed E-state index contributed by atoms with van der Waals surface area (Å²) in [6, 6.07) is 45.3. The molecule has 0 unspecified atom stereocenters. The largest absolute Gasteiger partial charge is 0.380 e. The summed E-state index contributed by atoms with van der Waals surface area (Å²) in [5.74, 6) is 0. The molecule has 0 aliphatic heterocycles. The maximum atomic E-state index is 5.10. The van der Waals surface area contributed by atoms with Crippen LogP contribution in [0.3, 0.4) is 0 Å². The zero-order valence-corrected chi connectivity index (χ0v) is 45.0. The lowest BCUT2D eigenvalue weighted by Crippen LogP contribution is -2.25. The van der Waals surface area contributed by atoms with Crippen LogP contribution in [0.5, 0.6) is 0 Å². The molecule has 0 atom stereocenters. The van der Waals surface area contributed by atoms with E-state index in [0.29, 0.717) is 22.7 Å². The summed E-state index contributed by atoms with van der Waals surface area (Å²) in [5.41, 5.74) is 15.6. The number of hydrogen-bond donors (Lipinski definition) is 4. The predicted molar refractivity (Wildman–Crippen MR) is 318 cm³/mol. The average Bonchev–Trinajstić information content (AvgIpc) is 3.33. The van der Waals surface area contributed by atoms with Crippen LogP contribution >= 0.6 is 0 Å². The van der Waals surface area contributed by atoms with Crippen molar-refractivity contribution in [3.05, 3.63) is 193 Å². The van der Waals surface area contributed by atoms with E-state index in [1.807, 2.05) is 85.0 Å². The van der Waals surface area contributed by atoms with E-state index < -0.39 is 0 Å². The van der Waals surface area contributed by atoms with Crippen LogP contribution in [0.2, 0.25) is 0 Å². The lowest BCUT2D eigenvalue weighted by atomic mass is 9.87. The minimum Gasteiger partial charge on any atom is -0.380 e. The van der Waals surface area contributed by atoms with Gasteiger partial charge in [0.25, 0.3) is 0 Å². The van der Waals surface area contributed by atoms with E-state index in [0.717, 1.165) is 68.3 Å². The molecule has 0 aromatic heterocycles. The summed E-state index contributed by atoms with van der Waals surface area (Å²) in [6.45, 7) is 26.2. The zero-order chi connectivity index (χ0) is 52.7. The molecule has 4 N–H and O–H groups in total. The molecule has 0 amide bonds. The number of nitrogens with one attached hydrogen (secondary N) is 4. The van der Waals surface area contributed by atoms with E-state index in [-0.39, 0.29) is 21.9 Å². The molecular formula is C64H70N10. The van der Waals surface area contributed by atoms with Crippen LogP contribution in [-0.4, -0.2) is 33.9 Å². The van der Waals surface area contributed by atoms with Crippen molar-refractivity contribution in [2.24, 2.45) is 30.2 Å². The minimum absolute atomic E-state index is 0.0554. The van der Waals surface area contributed by atoms with Gasteiger partial charge in [0.15, 0.2) is 0 Å². The Kier molecular flexibility index (Phi) is 15.4. The van der Waals surface area contributed by atoms with Gasteiger partial charge in [0.1, 0.15) is 11.4 Å². The van der Waals surface area contributed by atoms with Gasteiger partial charge < -0.3 is 21.3 Å². The van der Waals surface area contributed by atoms with Crippen LogP contribution in [0, 0.1) is 0 Å². The molecule has 2 aliphatic carbocycles. The van der Waals surface area contributed by atoms with Gasteiger partial charge in [0.2, 0.25) is 0 Å². The average molecular weight is 979 g/mol. The highest BCUT2D eigenvalue weighted by molar-refractivity contribution is 6.20. The third kappa shape index (κ3) is 15.1. The molecule has 376 valence electrons. The first-order valence-corrected chi connectivity index (χ1v) is 25.3. The number of nitrogens with zero attached hydrogens (tertiary/aromatic N) is 6. The Bertz CT molecular complexity index is 2990. The fraction of sp³-hybridized carbons (Fsp3) is 0.250. The van der Waals surface area contributed by atoms with Crippen molar-refractivity contribution in [2.75, 3.05) is 21.3 Å². The lowest BCUT2D eigenvalue weighted by Gasteiger charge is -2.22. The maximum absolute atomic E-state index is 5.10. The van der Waals surface area contributed by atoms with Crippen LogP contribution in [0.1, 0.15) is 94.2 Å². The molecule has 0 fully saturated rings. The van der Waals surface area contributed by atoms with Crippen molar-refractivity contribution in [1.29, 1.82) is 0 Å². The van der Waals surface area contributed by atoms with E-state index in [4.69, 9.17) is 30.2 Å². The highest BCUT2D eigenvalue weighted by atomic mass is 15.1. The molecule has 74 heavy (non-hydrogen) atoms. The van der Waals surface area contributed by atoms with Gasteiger partial charge in [0.05, 0.1) is 45.6 Å². The van der Waals surface area contributed by atoms with Crippen LogP contribution in [-0.2, 0) is 10.8 Å². The maximum Gasteiger partial charge on any atom is 0.113 e. The summed E-state index contributed by atoms with van der Waals surface area (Å²) in [4.78, 5) is 19.9. The Labute approximate surface area is 438 Å². The summed E-state index contributed by atoms with van der Waals surface area (Å²) < 4.78 is 0. The van der Waals surface area contributed by atoms with Crippen LogP contribution in [0.4, 0.5) is 68.2 Å². The van der Waals surface area contributed by atoms with Gasteiger partial charge in [-0.2, -0.15) is 0 Å². The second kappa shape index (κ2) is 21.9. The van der Waals surface area contributed by atoms with Gasteiger partial charge in [-0.15, -0.1) is 10.2 Å². The first-order valence-electron chi connectivity index (χ1n) is 25.3. The second-order valence-electron chi connectivity index (χ2n) is 22.8. The third-order valence-electron chi connectivity index (χ3n) is 11.8. The predicted octanol–water partition coefficient (Wildman–Crippen LogP) is 18.5.